The van der Waals surface area contributed by atoms with Crippen LogP contribution in [0.5, 0.6) is 0 Å². The van der Waals surface area contributed by atoms with E-state index in [2.05, 4.69) is 77.7 Å². The van der Waals surface area contributed by atoms with Crippen molar-refractivity contribution in [3.8, 4) is 6.57 Å². The first-order valence-electron chi connectivity index (χ1n) is 6.99. The fourth-order valence-electron chi connectivity index (χ4n) is 2.39. The number of fused-ring (bicyclic) bond motifs is 1. The lowest BCUT2D eigenvalue weighted by Gasteiger charge is -2.04. The fraction of sp³-hybridized carbons (Fsp3) is 0.167. The molecule has 0 aliphatic carbocycles. The van der Waals surface area contributed by atoms with Crippen LogP contribution >= 0.6 is 0 Å². The molecule has 1 aromatic heterocycles. The maximum atomic E-state index is 6.50. The van der Waals surface area contributed by atoms with Crippen LogP contribution < -0.4 is 5.32 Å². The molecule has 0 unspecified atom stereocenters. The maximum Gasteiger partial charge on any atom is 0.0462 e. The topological polar surface area (TPSA) is 51.6 Å². The molecule has 1 heterocycles. The minimum Gasteiger partial charge on any atom is -0.361 e. The lowest BCUT2D eigenvalue weighted by molar-refractivity contribution is 0.688. The van der Waals surface area contributed by atoms with E-state index < -0.39 is 0 Å². The Morgan fingerprint density at radius 1 is 0.952 bits per heavy atom. The zero-order valence-electron chi connectivity index (χ0n) is 11.9. The lowest BCUT2D eigenvalue weighted by atomic mass is 10.1. The van der Waals surface area contributed by atoms with Crippen molar-refractivity contribution in [2.24, 2.45) is 0 Å². The zero-order valence-corrected chi connectivity index (χ0v) is 11.9. The Labute approximate surface area is 125 Å². The molecule has 0 amide bonds. The quantitative estimate of drug-likeness (QED) is 0.700. The van der Waals surface area contributed by atoms with Crippen molar-refractivity contribution in [1.82, 2.24) is 10.3 Å². The Morgan fingerprint density at radius 2 is 1.67 bits per heavy atom. The van der Waals surface area contributed by atoms with Crippen LogP contribution in [0.2, 0.25) is 0 Å². The lowest BCUT2D eigenvalue weighted by Crippen LogP contribution is -2.16. The summed E-state index contributed by atoms with van der Waals surface area (Å²) in [4.78, 5) is 3.32. The van der Waals surface area contributed by atoms with Gasteiger partial charge in [0.1, 0.15) is 0 Å². The average Bonchev–Trinajstić information content (AvgIpc) is 2.98. The summed E-state index contributed by atoms with van der Waals surface area (Å²) in [6, 6.07) is 19.0. The van der Waals surface area contributed by atoms with E-state index in [-0.39, 0.29) is 0 Å². The molecule has 0 atom stereocenters. The summed E-state index contributed by atoms with van der Waals surface area (Å²) < 4.78 is 0. The number of nitriles is 1. The van der Waals surface area contributed by atoms with Gasteiger partial charge >= 0.3 is 0 Å². The highest BCUT2D eigenvalue weighted by atomic mass is 14.8. The fourth-order valence-corrected chi connectivity index (χ4v) is 2.39. The van der Waals surface area contributed by atoms with Gasteiger partial charge in [0.25, 0.3) is 0 Å². The van der Waals surface area contributed by atoms with Gasteiger partial charge < -0.3 is 10.3 Å². The Morgan fingerprint density at radius 3 is 2.48 bits per heavy atom. The van der Waals surface area contributed by atoms with E-state index in [1.54, 1.807) is 0 Å². The number of nitrogens with zero attached hydrogens (tertiary/aromatic N) is 1. The number of hydrogen-bond acceptors (Lipinski definition) is 2. The molecule has 2 aromatic carbocycles. The number of H-pyrrole nitrogens is 1. The first-order valence-corrected chi connectivity index (χ1v) is 6.99. The number of hydrogen-bond donors (Lipinski definition) is 2. The molecule has 3 nitrogen and oxygen atoms in total. The highest BCUT2D eigenvalue weighted by Gasteiger charge is 2.01. The number of aromatic amines is 1. The van der Waals surface area contributed by atoms with E-state index in [9.17, 15) is 0 Å². The van der Waals surface area contributed by atoms with Crippen LogP contribution in [0, 0.1) is 11.8 Å². The van der Waals surface area contributed by atoms with Gasteiger partial charge in [0.15, 0.2) is 0 Å². The Balaban J connectivity index is 0.000000774. The monoisotopic (exact) mass is 277 g/mol. The SMILES string of the molecule is C#N.c1ccc(CNCCc2c[nH]c3ccccc23)cc1. The van der Waals surface area contributed by atoms with Gasteiger partial charge in [-0.25, -0.2) is 5.26 Å². The van der Waals surface area contributed by atoms with Crippen LogP contribution in [0.4, 0.5) is 0 Å². The van der Waals surface area contributed by atoms with E-state index in [0.29, 0.717) is 0 Å². The molecule has 0 radical (unpaired) electrons. The Kier molecular flexibility index (Phi) is 5.57. The van der Waals surface area contributed by atoms with Crippen LogP contribution in [0.1, 0.15) is 11.1 Å². The third-order valence-corrected chi connectivity index (χ3v) is 3.42. The third-order valence-electron chi connectivity index (χ3n) is 3.42. The summed E-state index contributed by atoms with van der Waals surface area (Å²) in [5, 5.41) is 11.3. The van der Waals surface area contributed by atoms with Crippen molar-refractivity contribution in [1.29, 1.82) is 5.26 Å². The minimum atomic E-state index is 0.934. The van der Waals surface area contributed by atoms with Crippen molar-refractivity contribution in [3.63, 3.8) is 0 Å². The summed E-state index contributed by atoms with van der Waals surface area (Å²) in [5.74, 6) is 0. The van der Waals surface area contributed by atoms with Gasteiger partial charge in [-0.3, -0.25) is 0 Å². The van der Waals surface area contributed by atoms with Crippen LogP contribution in [-0.4, -0.2) is 11.5 Å². The minimum absolute atomic E-state index is 0.934. The largest absolute Gasteiger partial charge is 0.361 e. The highest BCUT2D eigenvalue weighted by molar-refractivity contribution is 5.83. The molecule has 0 bridgehead atoms. The summed E-state index contributed by atoms with van der Waals surface area (Å²) in [5.41, 5.74) is 3.94. The summed E-state index contributed by atoms with van der Waals surface area (Å²) in [7, 11) is 0. The van der Waals surface area contributed by atoms with E-state index in [4.69, 9.17) is 5.26 Å². The predicted molar refractivity (Wildman–Crippen MR) is 86.8 cm³/mol. The van der Waals surface area contributed by atoms with Gasteiger partial charge in [-0.2, -0.15) is 0 Å². The number of nitrogens with one attached hydrogen (secondary N) is 2. The van der Waals surface area contributed by atoms with Crippen LogP contribution in [-0.2, 0) is 13.0 Å². The molecule has 0 spiro atoms. The zero-order chi connectivity index (χ0) is 14.9. The molecule has 106 valence electrons. The molecular weight excluding hydrogens is 258 g/mol. The van der Waals surface area contributed by atoms with Crippen molar-refractivity contribution in [2.75, 3.05) is 6.54 Å². The van der Waals surface area contributed by atoms with Gasteiger partial charge in [-0.1, -0.05) is 48.5 Å². The van der Waals surface area contributed by atoms with E-state index in [0.717, 1.165) is 19.5 Å². The Bertz CT molecular complexity index is 683. The molecule has 3 heteroatoms. The van der Waals surface area contributed by atoms with Crippen LogP contribution in [0.25, 0.3) is 10.9 Å². The number of rotatable bonds is 5. The second-order valence-corrected chi connectivity index (χ2v) is 4.77. The van der Waals surface area contributed by atoms with E-state index >= 15 is 0 Å². The number of benzene rings is 2. The van der Waals surface area contributed by atoms with Crippen molar-refractivity contribution in [2.45, 2.75) is 13.0 Å². The van der Waals surface area contributed by atoms with Gasteiger partial charge in [0.2, 0.25) is 0 Å². The molecule has 0 fully saturated rings. The van der Waals surface area contributed by atoms with Crippen LogP contribution in [0.3, 0.4) is 0 Å². The second kappa shape index (κ2) is 7.88. The summed E-state index contributed by atoms with van der Waals surface area (Å²) >= 11 is 0. The van der Waals surface area contributed by atoms with Gasteiger partial charge in [0.05, 0.1) is 0 Å². The van der Waals surface area contributed by atoms with Gasteiger partial charge in [-0.15, -0.1) is 0 Å². The van der Waals surface area contributed by atoms with Crippen LogP contribution in [0.15, 0.2) is 60.8 Å². The average molecular weight is 277 g/mol. The van der Waals surface area contributed by atoms with Crippen molar-refractivity contribution in [3.05, 3.63) is 71.9 Å². The molecule has 0 saturated carbocycles. The molecule has 2 N–H and O–H groups in total. The van der Waals surface area contributed by atoms with Gasteiger partial charge in [-0.05, 0) is 30.2 Å². The first kappa shape index (κ1) is 14.8. The van der Waals surface area contributed by atoms with Crippen molar-refractivity contribution < 1.29 is 0 Å². The predicted octanol–water partition coefficient (Wildman–Crippen LogP) is 3.64. The maximum absolute atomic E-state index is 6.50. The molecule has 0 aliphatic heterocycles. The third kappa shape index (κ3) is 3.95. The number of aromatic nitrogens is 1. The first-order chi connectivity index (χ1) is 10.4. The normalized spacial score (nSPS) is 10.0. The number of para-hydroxylation sites is 1. The van der Waals surface area contributed by atoms with Crippen molar-refractivity contribution >= 4 is 10.9 Å². The molecule has 0 aliphatic rings. The standard InChI is InChI=1S/C17H18N2.CHN/c1-2-6-14(7-3-1)12-18-11-10-15-13-19-17-9-5-4-8-16(15)17;1-2/h1-9,13,18-19H,10-12H2;1H. The summed E-state index contributed by atoms with van der Waals surface area (Å²) in [6.45, 7) is 5.43. The molecular formula is C18H19N3. The van der Waals surface area contributed by atoms with E-state index in [1.807, 2.05) is 0 Å². The smallest absolute Gasteiger partial charge is 0.0462 e. The molecule has 0 saturated heterocycles. The highest BCUT2D eigenvalue weighted by Crippen LogP contribution is 2.17. The second-order valence-electron chi connectivity index (χ2n) is 4.77. The molecule has 3 rings (SSSR count). The van der Waals surface area contributed by atoms with Gasteiger partial charge in [0, 0.05) is 30.2 Å². The summed E-state index contributed by atoms with van der Waals surface area (Å²) in [6.07, 6.45) is 3.17. The molecule has 21 heavy (non-hydrogen) atoms. The molecule has 3 aromatic rings. The Hall–Kier alpha value is -2.57. The van der Waals surface area contributed by atoms with E-state index in [1.165, 1.54) is 22.0 Å².